The number of ether oxygens (including phenoxy) is 2. The van der Waals surface area contributed by atoms with E-state index in [9.17, 15) is 4.79 Å². The van der Waals surface area contributed by atoms with E-state index < -0.39 is 5.60 Å². The highest BCUT2D eigenvalue weighted by atomic mass is 16.5. The second-order valence-electron chi connectivity index (χ2n) is 7.73. The Labute approximate surface area is 168 Å². The van der Waals surface area contributed by atoms with Gasteiger partial charge in [-0.25, -0.2) is 4.98 Å². The number of methoxy groups -OCH3 is 1. The fourth-order valence-corrected chi connectivity index (χ4v) is 4.22. The Balaban J connectivity index is 1.38. The Morgan fingerprint density at radius 1 is 1.17 bits per heavy atom. The molecule has 2 aliphatic heterocycles. The number of rotatable bonds is 3. The Morgan fingerprint density at radius 2 is 2.00 bits per heavy atom. The van der Waals surface area contributed by atoms with Crippen molar-refractivity contribution >= 4 is 5.91 Å². The fourth-order valence-electron chi connectivity index (χ4n) is 4.22. The molecule has 3 aromatic rings. The van der Waals surface area contributed by atoms with Gasteiger partial charge >= 0.3 is 0 Å². The van der Waals surface area contributed by atoms with Crippen molar-refractivity contribution in [2.24, 2.45) is 0 Å². The number of imidazole rings is 1. The third kappa shape index (κ3) is 3.11. The van der Waals surface area contributed by atoms with Crippen LogP contribution in [0.1, 0.15) is 28.6 Å². The predicted octanol–water partition coefficient (Wildman–Crippen LogP) is 3.28. The van der Waals surface area contributed by atoms with Crippen LogP contribution in [0.4, 0.5) is 0 Å². The highest BCUT2D eigenvalue weighted by Gasteiger charge is 2.45. The molecular formula is C22H23N3O4. The molecule has 1 unspecified atom stereocenters. The molecule has 0 bridgehead atoms. The number of benzene rings is 1. The second-order valence-corrected chi connectivity index (χ2v) is 7.73. The largest absolute Gasteiger partial charge is 0.497 e. The molecule has 7 heteroatoms. The monoisotopic (exact) mass is 393 g/mol. The first-order valence-electron chi connectivity index (χ1n) is 9.75. The van der Waals surface area contributed by atoms with E-state index in [-0.39, 0.29) is 5.91 Å². The number of hydrogen-bond donors (Lipinski definition) is 0. The van der Waals surface area contributed by atoms with E-state index in [4.69, 9.17) is 13.9 Å². The van der Waals surface area contributed by atoms with Gasteiger partial charge < -0.3 is 23.4 Å². The molecule has 150 valence electrons. The molecule has 0 aliphatic carbocycles. The van der Waals surface area contributed by atoms with Crippen LogP contribution in [0.5, 0.6) is 5.75 Å². The molecule has 1 saturated heterocycles. The minimum atomic E-state index is -0.397. The number of likely N-dealkylation sites (tertiary alicyclic amines) is 1. The van der Waals surface area contributed by atoms with Gasteiger partial charge in [-0.2, -0.15) is 0 Å². The Morgan fingerprint density at radius 3 is 2.72 bits per heavy atom. The number of furan rings is 1. The first-order valence-corrected chi connectivity index (χ1v) is 9.75. The van der Waals surface area contributed by atoms with Gasteiger partial charge in [-0.1, -0.05) is 0 Å². The van der Waals surface area contributed by atoms with Crippen molar-refractivity contribution in [3.05, 3.63) is 59.9 Å². The summed E-state index contributed by atoms with van der Waals surface area (Å²) >= 11 is 0. The van der Waals surface area contributed by atoms with E-state index in [0.717, 1.165) is 35.0 Å². The van der Waals surface area contributed by atoms with Crippen molar-refractivity contribution < 1.29 is 18.7 Å². The van der Waals surface area contributed by atoms with Gasteiger partial charge in [0.2, 0.25) is 0 Å². The lowest BCUT2D eigenvalue weighted by Gasteiger charge is -2.35. The lowest BCUT2D eigenvalue weighted by atomic mass is 10.0. The molecule has 4 heterocycles. The SMILES string of the molecule is COc1ccc(-c2cnc3n2CC2(CCN(C(=O)c4ccc(C)o4)C2)OC3)cc1. The van der Waals surface area contributed by atoms with Crippen molar-refractivity contribution in [3.63, 3.8) is 0 Å². The van der Waals surface area contributed by atoms with Crippen LogP contribution in [0.2, 0.25) is 0 Å². The van der Waals surface area contributed by atoms with Gasteiger partial charge in [0.15, 0.2) is 5.76 Å². The van der Waals surface area contributed by atoms with Crippen LogP contribution in [0.25, 0.3) is 11.3 Å². The summed E-state index contributed by atoms with van der Waals surface area (Å²) in [5, 5.41) is 0. The van der Waals surface area contributed by atoms with Gasteiger partial charge in [0.25, 0.3) is 5.91 Å². The number of aryl methyl sites for hydroxylation is 1. The van der Waals surface area contributed by atoms with Crippen molar-refractivity contribution in [1.29, 1.82) is 0 Å². The topological polar surface area (TPSA) is 69.7 Å². The third-order valence-electron chi connectivity index (χ3n) is 5.83. The lowest BCUT2D eigenvalue weighted by molar-refractivity contribution is -0.0805. The maximum absolute atomic E-state index is 12.8. The molecule has 2 aromatic heterocycles. The van der Waals surface area contributed by atoms with Crippen molar-refractivity contribution in [1.82, 2.24) is 14.5 Å². The van der Waals surface area contributed by atoms with Crippen LogP contribution < -0.4 is 4.74 Å². The summed E-state index contributed by atoms with van der Waals surface area (Å²) in [6, 6.07) is 11.5. The molecule has 0 saturated carbocycles. The summed E-state index contributed by atoms with van der Waals surface area (Å²) < 4.78 is 19.2. The standard InChI is InChI=1S/C22H23N3O4/c1-15-3-8-19(29-15)21(26)24-10-9-22(13-24)14-25-18(11-23-20(25)12-28-22)16-4-6-17(27-2)7-5-16/h3-8,11H,9-10,12-14H2,1-2H3. The highest BCUT2D eigenvalue weighted by Crippen LogP contribution is 2.36. The van der Waals surface area contributed by atoms with Crippen LogP contribution in [0.15, 0.2) is 47.0 Å². The average molecular weight is 393 g/mol. The molecule has 0 radical (unpaired) electrons. The maximum atomic E-state index is 12.8. The number of hydrogen-bond acceptors (Lipinski definition) is 5. The molecule has 1 amide bonds. The second kappa shape index (κ2) is 6.77. The molecule has 1 fully saturated rings. The Hall–Kier alpha value is -3.06. The van der Waals surface area contributed by atoms with E-state index >= 15 is 0 Å². The number of aromatic nitrogens is 2. The van der Waals surface area contributed by atoms with Crippen LogP contribution in [0, 0.1) is 6.92 Å². The summed E-state index contributed by atoms with van der Waals surface area (Å²) in [7, 11) is 1.66. The fraction of sp³-hybridized carbons (Fsp3) is 0.364. The summed E-state index contributed by atoms with van der Waals surface area (Å²) in [5.74, 6) is 2.78. The number of fused-ring (bicyclic) bond motifs is 1. The van der Waals surface area contributed by atoms with Gasteiger partial charge in [-0.05, 0) is 49.7 Å². The summed E-state index contributed by atoms with van der Waals surface area (Å²) in [5.41, 5.74) is 1.74. The highest BCUT2D eigenvalue weighted by molar-refractivity contribution is 5.91. The summed E-state index contributed by atoms with van der Waals surface area (Å²) in [4.78, 5) is 19.1. The number of carbonyl (C=O) groups is 1. The van der Waals surface area contributed by atoms with Crippen LogP contribution in [-0.4, -0.2) is 46.2 Å². The molecule has 1 aromatic carbocycles. The summed E-state index contributed by atoms with van der Waals surface area (Å²) in [6.45, 7) is 4.15. The summed E-state index contributed by atoms with van der Waals surface area (Å²) in [6.07, 6.45) is 2.68. The molecule has 0 N–H and O–H groups in total. The molecule has 7 nitrogen and oxygen atoms in total. The van der Waals surface area contributed by atoms with Crippen LogP contribution >= 0.6 is 0 Å². The number of nitrogens with zero attached hydrogens (tertiary/aromatic N) is 3. The van der Waals surface area contributed by atoms with Crippen molar-refractivity contribution in [2.45, 2.75) is 32.1 Å². The molecule has 5 rings (SSSR count). The van der Waals surface area contributed by atoms with E-state index in [1.54, 1.807) is 13.2 Å². The Kier molecular flexibility index (Phi) is 4.20. The molecular weight excluding hydrogens is 370 g/mol. The quantitative estimate of drug-likeness (QED) is 0.683. The van der Waals surface area contributed by atoms with E-state index in [2.05, 4.69) is 9.55 Å². The maximum Gasteiger partial charge on any atom is 0.289 e. The Bertz CT molecular complexity index is 1050. The van der Waals surface area contributed by atoms with Crippen LogP contribution in [-0.2, 0) is 17.9 Å². The van der Waals surface area contributed by atoms with E-state index in [1.807, 2.05) is 48.4 Å². The van der Waals surface area contributed by atoms with Crippen molar-refractivity contribution in [3.8, 4) is 17.0 Å². The molecule has 1 atom stereocenters. The third-order valence-corrected chi connectivity index (χ3v) is 5.83. The zero-order valence-corrected chi connectivity index (χ0v) is 16.6. The van der Waals surface area contributed by atoms with Gasteiger partial charge in [0, 0.05) is 12.1 Å². The lowest BCUT2D eigenvalue weighted by Crippen LogP contribution is -2.45. The van der Waals surface area contributed by atoms with E-state index in [1.165, 1.54) is 0 Å². The predicted molar refractivity (Wildman–Crippen MR) is 106 cm³/mol. The van der Waals surface area contributed by atoms with Gasteiger partial charge in [0.05, 0.1) is 32.1 Å². The van der Waals surface area contributed by atoms with Gasteiger partial charge in [0.1, 0.15) is 29.5 Å². The number of carbonyl (C=O) groups excluding carboxylic acids is 1. The van der Waals surface area contributed by atoms with Crippen molar-refractivity contribution in [2.75, 3.05) is 20.2 Å². The molecule has 2 aliphatic rings. The molecule has 29 heavy (non-hydrogen) atoms. The van der Waals surface area contributed by atoms with E-state index in [0.29, 0.717) is 32.0 Å². The smallest absolute Gasteiger partial charge is 0.289 e. The first-order chi connectivity index (χ1) is 14.1. The zero-order chi connectivity index (χ0) is 20.0. The van der Waals surface area contributed by atoms with Gasteiger partial charge in [-0.3, -0.25) is 4.79 Å². The molecule has 1 spiro atoms. The van der Waals surface area contributed by atoms with Crippen LogP contribution in [0.3, 0.4) is 0 Å². The van der Waals surface area contributed by atoms with Gasteiger partial charge in [-0.15, -0.1) is 0 Å². The first kappa shape index (κ1) is 18.0. The zero-order valence-electron chi connectivity index (χ0n) is 16.6. The average Bonchev–Trinajstić information content (AvgIpc) is 3.46. The minimum absolute atomic E-state index is 0.0784. The normalized spacial score (nSPS) is 20.8. The number of amides is 1. The minimum Gasteiger partial charge on any atom is -0.497 e.